The molecular weight excluding hydrogens is 710 g/mol. The van der Waals surface area contributed by atoms with Crippen molar-refractivity contribution in [2.24, 2.45) is 5.92 Å². The van der Waals surface area contributed by atoms with E-state index < -0.39 is 30.0 Å². The van der Waals surface area contributed by atoms with Gasteiger partial charge in [0.2, 0.25) is 17.7 Å². The Kier molecular flexibility index (Phi) is 13.0. The fourth-order valence-electron chi connectivity index (χ4n) is 6.57. The number of aromatic hydroxyl groups is 1. The van der Waals surface area contributed by atoms with Crippen LogP contribution in [-0.2, 0) is 41.7 Å². The maximum absolute atomic E-state index is 13.9. The molecule has 0 unspecified atom stereocenters. The smallest absolute Gasteiger partial charge is 0.414 e. The number of nitrogens with zero attached hydrogens (tertiary/aromatic N) is 2. The Labute approximate surface area is 319 Å². The molecule has 15 nitrogen and oxygen atoms in total. The van der Waals surface area contributed by atoms with Crippen LogP contribution in [0, 0.1) is 5.92 Å². The third kappa shape index (κ3) is 9.52. The lowest BCUT2D eigenvalue weighted by Crippen LogP contribution is -2.53. The summed E-state index contributed by atoms with van der Waals surface area (Å²) < 4.78 is 15.6. The quantitative estimate of drug-likeness (QED) is 0.135. The molecule has 292 valence electrons. The number of methoxy groups -OCH3 is 2. The number of amides is 5. The van der Waals surface area contributed by atoms with Gasteiger partial charge in [-0.2, -0.15) is 0 Å². The number of nitrogens with one attached hydrogen (secondary N) is 3. The largest absolute Gasteiger partial charge is 0.504 e. The van der Waals surface area contributed by atoms with Crippen molar-refractivity contribution in [2.45, 2.75) is 77.6 Å². The van der Waals surface area contributed by atoms with Crippen LogP contribution in [0.15, 0.2) is 60.7 Å². The summed E-state index contributed by atoms with van der Waals surface area (Å²) in [5, 5.41) is 18.7. The van der Waals surface area contributed by atoms with Gasteiger partial charge in [-0.1, -0.05) is 44.2 Å². The molecule has 3 aromatic carbocycles. The van der Waals surface area contributed by atoms with Gasteiger partial charge in [0.1, 0.15) is 18.7 Å². The van der Waals surface area contributed by atoms with Crippen LogP contribution in [-0.4, -0.2) is 79.7 Å². The highest BCUT2D eigenvalue weighted by Gasteiger charge is 2.42. The Morgan fingerprint density at radius 3 is 2.29 bits per heavy atom. The molecule has 0 saturated heterocycles. The van der Waals surface area contributed by atoms with Gasteiger partial charge in [0.05, 0.1) is 38.1 Å². The van der Waals surface area contributed by atoms with Crippen molar-refractivity contribution >= 4 is 52.8 Å². The number of phenolic OH excluding ortho intramolecular Hbond substituents is 1. The molecule has 3 atom stereocenters. The van der Waals surface area contributed by atoms with Crippen LogP contribution >= 0.6 is 0 Å². The van der Waals surface area contributed by atoms with Crippen molar-refractivity contribution in [3.8, 4) is 11.5 Å². The fraction of sp³-hybridized carbons (Fsp3) is 0.400. The van der Waals surface area contributed by atoms with Crippen molar-refractivity contribution < 1.29 is 48.1 Å². The molecule has 0 spiro atoms. The van der Waals surface area contributed by atoms with Gasteiger partial charge in [-0.3, -0.25) is 28.9 Å². The lowest BCUT2D eigenvalue weighted by molar-refractivity contribution is -0.140. The van der Waals surface area contributed by atoms with E-state index in [4.69, 9.17) is 9.47 Å². The molecule has 0 aliphatic carbocycles. The summed E-state index contributed by atoms with van der Waals surface area (Å²) in [7, 11) is 2.68. The number of phenols is 1. The van der Waals surface area contributed by atoms with Crippen molar-refractivity contribution in [1.82, 2.24) is 10.6 Å². The highest BCUT2D eigenvalue weighted by molar-refractivity contribution is 6.14. The number of esters is 1. The molecule has 0 bridgehead atoms. The predicted molar refractivity (Wildman–Crippen MR) is 203 cm³/mol. The Balaban J connectivity index is 1.16. The molecule has 15 heteroatoms. The Morgan fingerprint density at radius 2 is 1.60 bits per heavy atom. The SMILES string of the molecule is COC(=O)CCCCC(=O)N[C@@H](C(=O)N[C@H](C)C(=O)Nc1ccc(COC(=O)N2C[C@@H]3Cc4ccccc4N3C(=O)c3cc(OC)c(O)cc32)cc1)C(C)C. The van der Waals surface area contributed by atoms with Gasteiger partial charge in [-0.15, -0.1) is 0 Å². The molecule has 0 saturated carbocycles. The summed E-state index contributed by atoms with van der Waals surface area (Å²) in [6.45, 7) is 5.10. The molecule has 5 amide bonds. The molecule has 2 aliphatic heterocycles. The summed E-state index contributed by atoms with van der Waals surface area (Å²) in [4.78, 5) is 80.4. The first-order valence-corrected chi connectivity index (χ1v) is 18.1. The van der Waals surface area contributed by atoms with Crippen LogP contribution in [0.3, 0.4) is 0 Å². The molecule has 4 N–H and O–H groups in total. The van der Waals surface area contributed by atoms with Crippen molar-refractivity contribution in [2.75, 3.05) is 35.9 Å². The highest BCUT2D eigenvalue weighted by atomic mass is 16.6. The molecular formula is C40H47N5O10. The molecule has 2 heterocycles. The number of fused-ring (bicyclic) bond motifs is 4. The minimum atomic E-state index is -0.933. The van der Waals surface area contributed by atoms with Crippen LogP contribution in [0.2, 0.25) is 0 Å². The number of unbranched alkanes of at least 4 members (excludes halogenated alkanes) is 1. The third-order valence-corrected chi connectivity index (χ3v) is 9.59. The van der Waals surface area contributed by atoms with Gasteiger partial charge in [0.15, 0.2) is 11.5 Å². The van der Waals surface area contributed by atoms with Crippen molar-refractivity contribution in [3.05, 3.63) is 77.4 Å². The van der Waals surface area contributed by atoms with E-state index in [1.54, 1.807) is 43.0 Å². The molecule has 55 heavy (non-hydrogen) atoms. The van der Waals surface area contributed by atoms with E-state index in [0.717, 1.165) is 11.3 Å². The zero-order chi connectivity index (χ0) is 39.8. The number of hydrogen-bond acceptors (Lipinski definition) is 10. The van der Waals surface area contributed by atoms with Crippen LogP contribution in [0.5, 0.6) is 11.5 Å². The standard InChI is InChI=1S/C40H47N5O10/c1-23(2)36(43-34(47)12-8-9-13-35(48)54-5)38(50)41-24(3)37(49)42-27-16-14-25(15-17-27)22-55-40(52)44-21-28-18-26-10-6-7-11-30(26)45(28)39(51)29-19-33(53-4)32(46)20-31(29)44/h6-7,10-11,14-17,19-20,23-24,28,36,46H,8-9,12-13,18,21-22H2,1-5H3,(H,41,50)(H,42,49)(H,43,47)/t24-,28+,36-/m1/s1. The van der Waals surface area contributed by atoms with E-state index in [1.807, 2.05) is 24.3 Å². The number of rotatable bonds is 14. The van der Waals surface area contributed by atoms with Gasteiger partial charge in [-0.05, 0) is 67.5 Å². The first kappa shape index (κ1) is 40.1. The maximum atomic E-state index is 13.9. The Hall–Kier alpha value is -6.12. The summed E-state index contributed by atoms with van der Waals surface area (Å²) in [5.41, 5.74) is 3.19. The van der Waals surface area contributed by atoms with Crippen LogP contribution in [0.25, 0.3) is 0 Å². The zero-order valence-corrected chi connectivity index (χ0v) is 31.5. The number of carbonyl (C=O) groups is 6. The number of benzene rings is 3. The molecule has 3 aromatic rings. The number of hydrogen-bond donors (Lipinski definition) is 4. The summed E-state index contributed by atoms with van der Waals surface area (Å²) in [5.74, 6) is -2.38. The minimum absolute atomic E-state index is 0.0975. The average molecular weight is 758 g/mol. The number of ether oxygens (including phenoxy) is 3. The summed E-state index contributed by atoms with van der Waals surface area (Å²) in [6.07, 6.45) is 1.11. The minimum Gasteiger partial charge on any atom is -0.504 e. The van der Waals surface area contributed by atoms with E-state index in [0.29, 0.717) is 30.5 Å². The molecule has 5 rings (SSSR count). The van der Waals surface area contributed by atoms with E-state index in [-0.39, 0.29) is 78.5 Å². The molecule has 2 aliphatic rings. The lowest BCUT2D eigenvalue weighted by atomic mass is 10.0. The Bertz CT molecular complexity index is 1930. The van der Waals surface area contributed by atoms with E-state index in [1.165, 1.54) is 38.2 Å². The van der Waals surface area contributed by atoms with Crippen molar-refractivity contribution in [1.29, 1.82) is 0 Å². The van der Waals surface area contributed by atoms with Crippen molar-refractivity contribution in [3.63, 3.8) is 0 Å². The maximum Gasteiger partial charge on any atom is 0.414 e. The first-order valence-electron chi connectivity index (χ1n) is 18.1. The number of anilines is 3. The predicted octanol–water partition coefficient (Wildman–Crippen LogP) is 4.45. The third-order valence-electron chi connectivity index (χ3n) is 9.59. The lowest BCUT2D eigenvalue weighted by Gasteiger charge is -2.26. The average Bonchev–Trinajstić information content (AvgIpc) is 3.49. The van der Waals surface area contributed by atoms with E-state index in [9.17, 15) is 33.9 Å². The summed E-state index contributed by atoms with van der Waals surface area (Å²) in [6, 6.07) is 14.8. The van der Waals surface area contributed by atoms with E-state index in [2.05, 4.69) is 20.7 Å². The van der Waals surface area contributed by atoms with Gasteiger partial charge in [-0.25, -0.2) is 4.79 Å². The molecule has 0 aromatic heterocycles. The van der Waals surface area contributed by atoms with E-state index >= 15 is 0 Å². The Morgan fingerprint density at radius 1 is 0.891 bits per heavy atom. The zero-order valence-electron chi connectivity index (χ0n) is 31.5. The van der Waals surface area contributed by atoms with Gasteiger partial charge in [0.25, 0.3) is 5.91 Å². The van der Waals surface area contributed by atoms with Crippen LogP contribution in [0.1, 0.15) is 67.9 Å². The van der Waals surface area contributed by atoms with Gasteiger partial charge in [0, 0.05) is 30.3 Å². The second-order valence-electron chi connectivity index (χ2n) is 13.9. The topological polar surface area (TPSA) is 193 Å². The number of para-hydroxylation sites is 1. The normalized spacial score (nSPS) is 15.5. The second-order valence-corrected chi connectivity index (χ2v) is 13.9. The van der Waals surface area contributed by atoms with Crippen LogP contribution in [0.4, 0.5) is 21.9 Å². The molecule has 0 radical (unpaired) electrons. The molecule has 0 fully saturated rings. The monoisotopic (exact) mass is 757 g/mol. The fourth-order valence-corrected chi connectivity index (χ4v) is 6.57. The number of carbonyl (C=O) groups excluding carboxylic acids is 6. The summed E-state index contributed by atoms with van der Waals surface area (Å²) >= 11 is 0. The van der Waals surface area contributed by atoms with Gasteiger partial charge >= 0.3 is 12.1 Å². The van der Waals surface area contributed by atoms with Crippen LogP contribution < -0.4 is 30.5 Å². The second kappa shape index (κ2) is 17.8. The first-order chi connectivity index (χ1) is 26.3. The van der Waals surface area contributed by atoms with Gasteiger partial charge < -0.3 is 40.2 Å². The highest BCUT2D eigenvalue weighted by Crippen LogP contribution is 2.42.